The lowest BCUT2D eigenvalue weighted by molar-refractivity contribution is -0.129. The number of amides is 2. The fourth-order valence-electron chi connectivity index (χ4n) is 3.50. The van der Waals surface area contributed by atoms with E-state index < -0.39 is 5.25 Å². The Hall–Kier alpha value is -3.29. The number of methoxy groups -OCH3 is 1. The first-order valence-electron chi connectivity index (χ1n) is 10.8. The molecule has 4 rings (SSSR count). The highest BCUT2D eigenvalue weighted by molar-refractivity contribution is 8.15. The summed E-state index contributed by atoms with van der Waals surface area (Å²) in [6.45, 7) is 0.474. The lowest BCUT2D eigenvalue weighted by Crippen LogP contribution is -2.46. The van der Waals surface area contributed by atoms with Crippen molar-refractivity contribution in [1.29, 1.82) is 0 Å². The summed E-state index contributed by atoms with van der Waals surface area (Å²) in [4.78, 5) is 32.5. The van der Waals surface area contributed by atoms with Crippen molar-refractivity contribution in [3.63, 3.8) is 0 Å². The van der Waals surface area contributed by atoms with Crippen LogP contribution < -0.4 is 10.1 Å². The van der Waals surface area contributed by atoms with Gasteiger partial charge in [0.2, 0.25) is 11.8 Å². The van der Waals surface area contributed by atoms with Gasteiger partial charge in [-0.2, -0.15) is 0 Å². The van der Waals surface area contributed by atoms with E-state index in [1.807, 2.05) is 36.4 Å². The number of ether oxygens (including phenoxy) is 1. The molecule has 1 aliphatic heterocycles. The fraction of sp³-hybridized carbons (Fsp3) is 0.192. The largest absolute Gasteiger partial charge is 0.497 e. The van der Waals surface area contributed by atoms with Crippen molar-refractivity contribution in [3.05, 3.63) is 89.4 Å². The molecule has 1 atom stereocenters. The van der Waals surface area contributed by atoms with E-state index in [-0.39, 0.29) is 18.2 Å². The molecule has 3 aromatic rings. The van der Waals surface area contributed by atoms with Crippen molar-refractivity contribution < 1.29 is 14.3 Å². The first-order chi connectivity index (χ1) is 16.5. The molecule has 3 aromatic carbocycles. The number of halogens is 1. The average molecular weight is 494 g/mol. The lowest BCUT2D eigenvalue weighted by Gasteiger charge is -2.32. The average Bonchev–Trinajstić information content (AvgIpc) is 2.84. The SMILES string of the molecule is COc1ccc(NC(=O)C2CC(=O)N(CCc3ccccc3)C(=Nc3cccc(Cl)c3)S2)cc1. The van der Waals surface area contributed by atoms with Crippen LogP contribution in [0.5, 0.6) is 5.75 Å². The van der Waals surface area contributed by atoms with Crippen molar-refractivity contribution in [1.82, 2.24) is 4.90 Å². The normalized spacial score (nSPS) is 17.0. The molecule has 0 saturated carbocycles. The Labute approximate surface area is 208 Å². The van der Waals surface area contributed by atoms with Crippen LogP contribution in [0, 0.1) is 0 Å². The molecule has 0 radical (unpaired) electrons. The summed E-state index contributed by atoms with van der Waals surface area (Å²) in [5.74, 6) is 0.320. The quantitative estimate of drug-likeness (QED) is 0.468. The molecule has 0 spiro atoms. The summed E-state index contributed by atoms with van der Waals surface area (Å²) in [6.07, 6.45) is 0.778. The highest BCUT2D eigenvalue weighted by atomic mass is 35.5. The minimum Gasteiger partial charge on any atom is -0.497 e. The molecule has 2 amide bonds. The van der Waals surface area contributed by atoms with Crippen molar-refractivity contribution in [2.45, 2.75) is 18.1 Å². The van der Waals surface area contributed by atoms with Crippen molar-refractivity contribution in [2.75, 3.05) is 19.0 Å². The van der Waals surface area contributed by atoms with Crippen LogP contribution in [-0.2, 0) is 16.0 Å². The third-order valence-electron chi connectivity index (χ3n) is 5.29. The highest BCUT2D eigenvalue weighted by Gasteiger charge is 2.35. The minimum absolute atomic E-state index is 0.0933. The van der Waals surface area contributed by atoms with Crippen LogP contribution >= 0.6 is 23.4 Å². The van der Waals surface area contributed by atoms with Crippen LogP contribution in [0.3, 0.4) is 0 Å². The second kappa shape index (κ2) is 11.2. The first kappa shape index (κ1) is 23.9. The molecule has 1 aliphatic rings. The monoisotopic (exact) mass is 493 g/mol. The van der Waals surface area contributed by atoms with E-state index in [1.165, 1.54) is 11.8 Å². The summed E-state index contributed by atoms with van der Waals surface area (Å²) < 4.78 is 5.16. The fourth-order valence-corrected chi connectivity index (χ4v) is 4.81. The maximum absolute atomic E-state index is 13.1. The molecule has 1 fully saturated rings. The Morgan fingerprint density at radius 1 is 1.12 bits per heavy atom. The van der Waals surface area contributed by atoms with Gasteiger partial charge >= 0.3 is 0 Å². The highest BCUT2D eigenvalue weighted by Crippen LogP contribution is 2.31. The number of hydrogen-bond acceptors (Lipinski definition) is 5. The summed E-state index contributed by atoms with van der Waals surface area (Å²) in [5, 5.41) is 3.34. The zero-order valence-electron chi connectivity index (χ0n) is 18.6. The molecule has 0 aliphatic carbocycles. The van der Waals surface area contributed by atoms with Crippen LogP contribution in [0.15, 0.2) is 83.9 Å². The standard InChI is InChI=1S/C26H24ClN3O3S/c1-33-22-12-10-20(11-13-22)28-25(32)23-17-24(31)30(15-14-18-6-3-2-4-7-18)26(34-23)29-21-9-5-8-19(27)16-21/h2-13,16,23H,14-15,17H2,1H3,(H,28,32). The van der Waals surface area contributed by atoms with Crippen molar-refractivity contribution in [2.24, 2.45) is 4.99 Å². The smallest absolute Gasteiger partial charge is 0.238 e. The van der Waals surface area contributed by atoms with Gasteiger partial charge in [0.05, 0.1) is 12.8 Å². The predicted octanol–water partition coefficient (Wildman–Crippen LogP) is 5.55. The number of hydrogen-bond donors (Lipinski definition) is 1. The summed E-state index contributed by atoms with van der Waals surface area (Å²) in [7, 11) is 1.59. The number of carbonyl (C=O) groups is 2. The number of amidine groups is 1. The topological polar surface area (TPSA) is 71.0 Å². The molecular weight excluding hydrogens is 470 g/mol. The second-order valence-corrected chi connectivity index (χ2v) is 9.29. The molecule has 0 bridgehead atoms. The van der Waals surface area contributed by atoms with E-state index in [9.17, 15) is 9.59 Å². The number of benzene rings is 3. The predicted molar refractivity (Wildman–Crippen MR) is 138 cm³/mol. The van der Waals surface area contributed by atoms with Gasteiger partial charge < -0.3 is 10.1 Å². The molecule has 1 N–H and O–H groups in total. The van der Waals surface area contributed by atoms with Gasteiger partial charge in [-0.25, -0.2) is 4.99 Å². The number of carbonyl (C=O) groups excluding carboxylic acids is 2. The number of thioether (sulfide) groups is 1. The molecule has 174 valence electrons. The molecular formula is C26H24ClN3O3S. The third kappa shape index (κ3) is 6.18. The Kier molecular flexibility index (Phi) is 7.87. The van der Waals surface area contributed by atoms with Gasteiger partial charge in [0.25, 0.3) is 0 Å². The molecule has 1 heterocycles. The first-order valence-corrected chi connectivity index (χ1v) is 12.1. The summed E-state index contributed by atoms with van der Waals surface area (Å²) in [5.41, 5.74) is 2.39. The molecule has 0 aromatic heterocycles. The van der Waals surface area contributed by atoms with E-state index in [0.29, 0.717) is 40.3 Å². The Morgan fingerprint density at radius 2 is 1.88 bits per heavy atom. The van der Waals surface area contributed by atoms with Crippen LogP contribution in [0.2, 0.25) is 5.02 Å². The maximum atomic E-state index is 13.1. The van der Waals surface area contributed by atoms with E-state index in [4.69, 9.17) is 16.3 Å². The molecule has 8 heteroatoms. The van der Waals surface area contributed by atoms with E-state index >= 15 is 0 Å². The lowest BCUT2D eigenvalue weighted by atomic mass is 10.1. The Morgan fingerprint density at radius 3 is 2.59 bits per heavy atom. The molecule has 1 unspecified atom stereocenters. The van der Waals surface area contributed by atoms with Gasteiger partial charge in [-0.3, -0.25) is 14.5 Å². The van der Waals surface area contributed by atoms with Gasteiger partial charge in [0.1, 0.15) is 11.0 Å². The summed E-state index contributed by atoms with van der Waals surface area (Å²) >= 11 is 7.42. The number of anilines is 1. The number of aliphatic imine (C=N–C) groups is 1. The van der Waals surface area contributed by atoms with Crippen molar-refractivity contribution in [3.8, 4) is 5.75 Å². The zero-order chi connectivity index (χ0) is 23.9. The van der Waals surface area contributed by atoms with Gasteiger partial charge in [0.15, 0.2) is 5.17 Å². The minimum atomic E-state index is -0.597. The third-order valence-corrected chi connectivity index (χ3v) is 6.71. The number of nitrogens with zero attached hydrogens (tertiary/aromatic N) is 2. The van der Waals surface area contributed by atoms with E-state index in [1.54, 1.807) is 54.5 Å². The second-order valence-electron chi connectivity index (χ2n) is 7.68. The number of rotatable bonds is 7. The van der Waals surface area contributed by atoms with Crippen LogP contribution in [0.4, 0.5) is 11.4 Å². The van der Waals surface area contributed by atoms with Gasteiger partial charge in [0, 0.05) is 23.7 Å². The van der Waals surface area contributed by atoms with E-state index in [0.717, 1.165) is 5.56 Å². The van der Waals surface area contributed by atoms with Gasteiger partial charge in [-0.05, 0) is 54.4 Å². The van der Waals surface area contributed by atoms with E-state index in [2.05, 4.69) is 10.3 Å². The molecule has 1 saturated heterocycles. The number of nitrogens with one attached hydrogen (secondary N) is 1. The van der Waals surface area contributed by atoms with Crippen LogP contribution in [-0.4, -0.2) is 40.8 Å². The van der Waals surface area contributed by atoms with Gasteiger partial charge in [-0.15, -0.1) is 0 Å². The Balaban J connectivity index is 1.54. The van der Waals surface area contributed by atoms with Crippen molar-refractivity contribution >= 4 is 51.7 Å². The molecule has 34 heavy (non-hydrogen) atoms. The Bertz CT molecular complexity index is 1190. The van der Waals surface area contributed by atoms with Gasteiger partial charge in [-0.1, -0.05) is 59.8 Å². The van der Waals surface area contributed by atoms with Crippen LogP contribution in [0.25, 0.3) is 0 Å². The molecule has 6 nitrogen and oxygen atoms in total. The maximum Gasteiger partial charge on any atom is 0.238 e. The summed E-state index contributed by atoms with van der Waals surface area (Å²) in [6, 6.07) is 24.2. The zero-order valence-corrected chi connectivity index (χ0v) is 20.2. The van der Waals surface area contributed by atoms with Crippen LogP contribution in [0.1, 0.15) is 12.0 Å².